The minimum atomic E-state index is 0.915. The van der Waals surface area contributed by atoms with E-state index in [-0.39, 0.29) is 0 Å². The second-order valence-electron chi connectivity index (χ2n) is 1.63. The lowest BCUT2D eigenvalue weighted by molar-refractivity contribution is 0.768. The lowest BCUT2D eigenvalue weighted by Crippen LogP contribution is -1.87. The highest BCUT2D eigenvalue weighted by molar-refractivity contribution is 7.98. The molecule has 0 saturated carbocycles. The van der Waals surface area contributed by atoms with Crippen molar-refractivity contribution in [2.45, 2.75) is 12.1 Å². The highest BCUT2D eigenvalue weighted by atomic mass is 32.2. The first-order valence-electron chi connectivity index (χ1n) is 2.94. The summed E-state index contributed by atoms with van der Waals surface area (Å²) < 4.78 is 1.74. The molecule has 1 heterocycles. The van der Waals surface area contributed by atoms with Crippen LogP contribution in [0.2, 0.25) is 0 Å². The van der Waals surface area contributed by atoms with Crippen LogP contribution in [0.4, 0.5) is 0 Å². The summed E-state index contributed by atoms with van der Waals surface area (Å²) in [5.74, 6) is 0. The molecule has 3 nitrogen and oxygen atoms in total. The Morgan fingerprint density at radius 2 is 2.60 bits per heavy atom. The van der Waals surface area contributed by atoms with Gasteiger partial charge >= 0.3 is 0 Å². The zero-order valence-electron chi connectivity index (χ0n) is 5.98. The van der Waals surface area contributed by atoms with Crippen LogP contribution < -0.4 is 0 Å². The Bertz CT molecular complexity index is 229. The fourth-order valence-electron chi connectivity index (χ4n) is 0.642. The largest absolute Gasteiger partial charge is 0.230 e. The van der Waals surface area contributed by atoms with Gasteiger partial charge in [0.05, 0.1) is 0 Å². The molecule has 1 aromatic heterocycles. The van der Waals surface area contributed by atoms with Gasteiger partial charge in [0, 0.05) is 18.6 Å². The summed E-state index contributed by atoms with van der Waals surface area (Å²) in [6.45, 7) is 1.88. The summed E-state index contributed by atoms with van der Waals surface area (Å²) in [4.78, 5) is 4.07. The van der Waals surface area contributed by atoms with Crippen molar-refractivity contribution in [3.05, 3.63) is 12.4 Å². The van der Waals surface area contributed by atoms with Crippen LogP contribution >= 0.6 is 11.8 Å². The number of hydrogen-bond donors (Lipinski definition) is 0. The lowest BCUT2D eigenvalue weighted by Gasteiger charge is -1.94. The van der Waals surface area contributed by atoms with Crippen LogP contribution in [-0.2, 0) is 0 Å². The van der Waals surface area contributed by atoms with Crippen LogP contribution in [0.25, 0.3) is 0 Å². The van der Waals surface area contributed by atoms with E-state index in [4.69, 9.17) is 0 Å². The highest BCUT2D eigenvalue weighted by Crippen LogP contribution is 2.10. The first kappa shape index (κ1) is 7.34. The van der Waals surface area contributed by atoms with Crippen molar-refractivity contribution in [1.82, 2.24) is 9.66 Å². The van der Waals surface area contributed by atoms with E-state index < -0.39 is 0 Å². The molecule has 0 aliphatic carbocycles. The van der Waals surface area contributed by atoms with E-state index in [0.717, 1.165) is 5.16 Å². The Morgan fingerprint density at radius 3 is 3.20 bits per heavy atom. The zero-order valence-corrected chi connectivity index (χ0v) is 6.80. The smallest absolute Gasteiger partial charge is 0.188 e. The van der Waals surface area contributed by atoms with Gasteiger partial charge in [0.1, 0.15) is 0 Å². The van der Waals surface area contributed by atoms with Crippen molar-refractivity contribution in [2.24, 2.45) is 5.10 Å². The normalized spacial score (nSPS) is 11.0. The third-order valence-electron chi connectivity index (χ3n) is 1.01. The molecule has 0 aromatic carbocycles. The minimum Gasteiger partial charge on any atom is -0.230 e. The van der Waals surface area contributed by atoms with Gasteiger partial charge in [-0.25, -0.2) is 9.66 Å². The van der Waals surface area contributed by atoms with E-state index in [1.54, 1.807) is 28.8 Å². The average molecular weight is 155 g/mol. The minimum absolute atomic E-state index is 0.915. The van der Waals surface area contributed by atoms with Crippen LogP contribution in [0.1, 0.15) is 6.92 Å². The molecular weight excluding hydrogens is 146 g/mol. The van der Waals surface area contributed by atoms with E-state index in [0.29, 0.717) is 0 Å². The molecule has 0 fully saturated rings. The Balaban J connectivity index is 2.90. The van der Waals surface area contributed by atoms with Gasteiger partial charge in [-0.2, -0.15) is 5.10 Å². The Kier molecular flexibility index (Phi) is 2.50. The molecule has 0 bridgehead atoms. The van der Waals surface area contributed by atoms with Crippen LogP contribution in [-0.4, -0.2) is 22.1 Å². The fraction of sp³-hybridized carbons (Fsp3) is 0.333. The average Bonchev–Trinajstić information content (AvgIpc) is 2.36. The van der Waals surface area contributed by atoms with E-state index in [1.165, 1.54) is 0 Å². The molecule has 0 spiro atoms. The van der Waals surface area contributed by atoms with Crippen molar-refractivity contribution in [3.63, 3.8) is 0 Å². The van der Waals surface area contributed by atoms with Crippen LogP contribution in [0, 0.1) is 0 Å². The van der Waals surface area contributed by atoms with Gasteiger partial charge in [-0.15, -0.1) is 0 Å². The number of hydrogen-bond acceptors (Lipinski definition) is 3. The second-order valence-corrected chi connectivity index (χ2v) is 2.41. The molecule has 0 aliphatic heterocycles. The topological polar surface area (TPSA) is 30.2 Å². The molecule has 0 amide bonds. The van der Waals surface area contributed by atoms with Gasteiger partial charge in [0.25, 0.3) is 0 Å². The van der Waals surface area contributed by atoms with Gasteiger partial charge in [0.2, 0.25) is 0 Å². The van der Waals surface area contributed by atoms with E-state index >= 15 is 0 Å². The van der Waals surface area contributed by atoms with Crippen LogP contribution in [0.15, 0.2) is 22.7 Å². The van der Waals surface area contributed by atoms with Crippen LogP contribution in [0.3, 0.4) is 0 Å². The summed E-state index contributed by atoms with van der Waals surface area (Å²) in [5, 5.41) is 4.96. The maximum absolute atomic E-state index is 4.07. The molecule has 0 unspecified atom stereocenters. The van der Waals surface area contributed by atoms with Gasteiger partial charge in [-0.1, -0.05) is 11.8 Å². The molecule has 0 aliphatic rings. The predicted octanol–water partition coefficient (Wildman–Crippen LogP) is 1.46. The van der Waals surface area contributed by atoms with Crippen LogP contribution in [0.5, 0.6) is 0 Å². The molecule has 1 rings (SSSR count). The van der Waals surface area contributed by atoms with E-state index in [1.807, 2.05) is 19.4 Å². The predicted molar refractivity (Wildman–Crippen MR) is 43.6 cm³/mol. The quantitative estimate of drug-likeness (QED) is 0.478. The number of nitrogens with zero attached hydrogens (tertiary/aromatic N) is 3. The molecule has 0 saturated heterocycles. The molecular formula is C6H9N3S. The van der Waals surface area contributed by atoms with Crippen molar-refractivity contribution in [2.75, 3.05) is 6.26 Å². The SMILES string of the molecule is C/C=N/n1ccnc1SC. The molecule has 0 radical (unpaired) electrons. The molecule has 4 heteroatoms. The maximum atomic E-state index is 4.07. The first-order chi connectivity index (χ1) is 4.88. The van der Waals surface area contributed by atoms with Crippen molar-refractivity contribution in [3.8, 4) is 0 Å². The molecule has 54 valence electrons. The summed E-state index contributed by atoms with van der Waals surface area (Å²) in [7, 11) is 0. The highest BCUT2D eigenvalue weighted by Gasteiger charge is 1.95. The zero-order chi connectivity index (χ0) is 7.40. The Hall–Kier alpha value is -0.770. The first-order valence-corrected chi connectivity index (χ1v) is 4.17. The van der Waals surface area contributed by atoms with Crippen molar-refractivity contribution in [1.29, 1.82) is 0 Å². The summed E-state index contributed by atoms with van der Waals surface area (Å²) >= 11 is 1.58. The summed E-state index contributed by atoms with van der Waals surface area (Å²) in [6, 6.07) is 0. The molecule has 1 aromatic rings. The van der Waals surface area contributed by atoms with Gasteiger partial charge in [-0.3, -0.25) is 0 Å². The van der Waals surface area contributed by atoms with E-state index in [9.17, 15) is 0 Å². The third kappa shape index (κ3) is 1.39. The van der Waals surface area contributed by atoms with Gasteiger partial charge < -0.3 is 0 Å². The number of rotatable bonds is 2. The van der Waals surface area contributed by atoms with E-state index in [2.05, 4.69) is 10.1 Å². The Labute approximate surface area is 64.2 Å². The number of imidazole rings is 1. The maximum Gasteiger partial charge on any atom is 0.188 e. The fourth-order valence-corrected chi connectivity index (χ4v) is 1.10. The lowest BCUT2D eigenvalue weighted by atomic mass is 10.9. The number of aromatic nitrogens is 2. The van der Waals surface area contributed by atoms with Gasteiger partial charge in [0.15, 0.2) is 5.16 Å². The van der Waals surface area contributed by atoms with Gasteiger partial charge in [-0.05, 0) is 13.2 Å². The third-order valence-corrected chi connectivity index (χ3v) is 1.67. The molecule has 0 N–H and O–H groups in total. The summed E-state index contributed by atoms with van der Waals surface area (Å²) in [6.07, 6.45) is 7.27. The number of thioether (sulfide) groups is 1. The monoisotopic (exact) mass is 155 g/mol. The second kappa shape index (κ2) is 3.41. The standard InChI is InChI=1S/C6H9N3S/c1-3-8-9-5-4-7-6(9)10-2/h3-5H,1-2H3/b8-3+. The summed E-state index contributed by atoms with van der Waals surface area (Å²) in [5.41, 5.74) is 0. The van der Waals surface area contributed by atoms with Crippen molar-refractivity contribution < 1.29 is 0 Å². The van der Waals surface area contributed by atoms with Crippen molar-refractivity contribution >= 4 is 18.0 Å². The Morgan fingerprint density at radius 1 is 1.80 bits per heavy atom. The molecule has 10 heavy (non-hydrogen) atoms. The molecule has 0 atom stereocenters.